The molecule has 0 spiro atoms. The molecule has 0 bridgehead atoms. The maximum atomic E-state index is 14.0. The summed E-state index contributed by atoms with van der Waals surface area (Å²) in [5, 5.41) is 12.6. The first-order chi connectivity index (χ1) is 21.1. The smallest absolute Gasteiger partial charge is 0.310 e. The number of aromatic nitrogens is 3. The molecule has 2 aliphatic heterocycles. The highest BCUT2D eigenvalue weighted by molar-refractivity contribution is 5.86. The molecule has 3 atom stereocenters. The van der Waals surface area contributed by atoms with Gasteiger partial charge in [0, 0.05) is 23.2 Å². The van der Waals surface area contributed by atoms with Crippen molar-refractivity contribution in [1.82, 2.24) is 20.1 Å². The van der Waals surface area contributed by atoms with Gasteiger partial charge in [-0.15, -0.1) is 16.8 Å². The SMILES string of the molecule is C=CCC(C(=O)OC(C)(C)C)C(CC(C)C)C(=O)NC1CCCCn2c(-c3ccccc3-c3ccc4cccc-4o3)nnc21. The predicted octanol–water partition coefficient (Wildman–Crippen LogP) is 7.85. The molecular weight excluding hydrogens is 552 g/mol. The highest BCUT2D eigenvalue weighted by Gasteiger charge is 2.38. The van der Waals surface area contributed by atoms with Gasteiger partial charge in [0.2, 0.25) is 5.91 Å². The molecular formula is C36H44N4O4. The first-order valence-electron chi connectivity index (χ1n) is 15.7. The minimum atomic E-state index is -0.651. The van der Waals surface area contributed by atoms with E-state index in [1.54, 1.807) is 6.08 Å². The maximum absolute atomic E-state index is 14.0. The van der Waals surface area contributed by atoms with Crippen LogP contribution in [0.4, 0.5) is 0 Å². The molecule has 0 saturated heterocycles. The van der Waals surface area contributed by atoms with Crippen molar-refractivity contribution < 1.29 is 18.7 Å². The second kappa shape index (κ2) is 13.2. The molecule has 3 unspecified atom stereocenters. The highest BCUT2D eigenvalue weighted by atomic mass is 16.6. The van der Waals surface area contributed by atoms with Gasteiger partial charge >= 0.3 is 5.97 Å². The molecule has 232 valence electrons. The fraction of sp³-hybridized carbons (Fsp3) is 0.444. The summed E-state index contributed by atoms with van der Waals surface area (Å²) in [6.45, 7) is 14.3. The summed E-state index contributed by atoms with van der Waals surface area (Å²) in [5.74, 6) is 1.54. The third kappa shape index (κ3) is 6.95. The lowest BCUT2D eigenvalue weighted by molar-refractivity contribution is -0.164. The molecule has 0 fully saturated rings. The molecule has 1 aliphatic carbocycles. The molecule has 0 radical (unpaired) electrons. The van der Waals surface area contributed by atoms with Gasteiger partial charge in [-0.05, 0) is 77.0 Å². The fourth-order valence-electron chi connectivity index (χ4n) is 6.10. The molecule has 5 rings (SSSR count). The third-order valence-electron chi connectivity index (χ3n) is 8.09. The van der Waals surface area contributed by atoms with Crippen LogP contribution in [-0.4, -0.2) is 32.2 Å². The molecule has 1 amide bonds. The maximum Gasteiger partial charge on any atom is 0.310 e. The van der Waals surface area contributed by atoms with E-state index in [1.165, 1.54) is 0 Å². The summed E-state index contributed by atoms with van der Waals surface area (Å²) in [5.41, 5.74) is 2.25. The summed E-state index contributed by atoms with van der Waals surface area (Å²) in [6, 6.07) is 17.7. The van der Waals surface area contributed by atoms with Crippen LogP contribution in [-0.2, 0) is 20.9 Å². The number of nitrogens with one attached hydrogen (secondary N) is 1. The summed E-state index contributed by atoms with van der Waals surface area (Å²) < 4.78 is 14.1. The zero-order valence-corrected chi connectivity index (χ0v) is 26.5. The van der Waals surface area contributed by atoms with Crippen LogP contribution in [0.3, 0.4) is 0 Å². The number of amides is 1. The van der Waals surface area contributed by atoms with Crippen LogP contribution in [0.25, 0.3) is 34.0 Å². The Balaban J connectivity index is 1.46. The number of fused-ring (bicyclic) bond motifs is 2. The lowest BCUT2D eigenvalue weighted by atomic mass is 9.82. The van der Waals surface area contributed by atoms with E-state index >= 15 is 0 Å². The summed E-state index contributed by atoms with van der Waals surface area (Å²) >= 11 is 0. The molecule has 1 N–H and O–H groups in total. The van der Waals surface area contributed by atoms with Crippen LogP contribution < -0.4 is 5.32 Å². The number of ether oxygens (including phenoxy) is 1. The van der Waals surface area contributed by atoms with E-state index in [-0.39, 0.29) is 23.8 Å². The average Bonchev–Trinajstić information content (AvgIpc) is 3.57. The molecule has 1 aromatic heterocycles. The number of esters is 1. The third-order valence-corrected chi connectivity index (χ3v) is 8.09. The summed E-state index contributed by atoms with van der Waals surface area (Å²) in [6.07, 6.45) is 5.21. The van der Waals surface area contributed by atoms with Crippen molar-refractivity contribution >= 4 is 11.9 Å². The molecule has 2 aromatic rings. The molecule has 3 aliphatic rings. The predicted molar refractivity (Wildman–Crippen MR) is 172 cm³/mol. The molecule has 0 saturated carbocycles. The van der Waals surface area contributed by atoms with Crippen molar-refractivity contribution in [1.29, 1.82) is 0 Å². The van der Waals surface area contributed by atoms with Gasteiger partial charge in [-0.3, -0.25) is 9.59 Å². The minimum Gasteiger partial charge on any atom is -0.460 e. The Morgan fingerprint density at radius 3 is 2.52 bits per heavy atom. The monoisotopic (exact) mass is 596 g/mol. The van der Waals surface area contributed by atoms with Gasteiger partial charge < -0.3 is 19.0 Å². The van der Waals surface area contributed by atoms with Gasteiger partial charge in [0.15, 0.2) is 11.6 Å². The zero-order chi connectivity index (χ0) is 31.4. The highest BCUT2D eigenvalue weighted by Crippen LogP contribution is 2.37. The Kier molecular flexibility index (Phi) is 9.37. The Bertz CT molecular complexity index is 1580. The van der Waals surface area contributed by atoms with Crippen LogP contribution >= 0.6 is 0 Å². The van der Waals surface area contributed by atoms with Gasteiger partial charge in [0.05, 0.1) is 17.9 Å². The van der Waals surface area contributed by atoms with Crippen LogP contribution in [0.15, 0.2) is 71.7 Å². The van der Waals surface area contributed by atoms with E-state index in [9.17, 15) is 9.59 Å². The number of carbonyl (C=O) groups is 2. The number of allylic oxidation sites excluding steroid dienone is 1. The Morgan fingerprint density at radius 1 is 1.02 bits per heavy atom. The molecule has 44 heavy (non-hydrogen) atoms. The molecule has 8 nitrogen and oxygen atoms in total. The number of benzene rings is 1. The standard InChI is InChI=1S/C36H44N4O4/c1-7-13-27(35(42)44-36(4,5)6)28(22-23(2)3)34(41)37-29-17-10-11-21-40-32(38-39-33(29)40)26-16-9-8-15-25(26)31-20-19-24-14-12-18-30(24)43-31/h7-9,12,14-16,18-20,23,27-29H,1,10-11,13,17,21-22H2,2-6H3,(H,37,41). The van der Waals surface area contributed by atoms with E-state index in [0.717, 1.165) is 65.7 Å². The van der Waals surface area contributed by atoms with E-state index in [0.29, 0.717) is 12.8 Å². The largest absolute Gasteiger partial charge is 0.460 e. The van der Waals surface area contributed by atoms with E-state index in [4.69, 9.17) is 9.15 Å². The summed E-state index contributed by atoms with van der Waals surface area (Å²) in [7, 11) is 0. The Hall–Kier alpha value is -4.20. The summed E-state index contributed by atoms with van der Waals surface area (Å²) in [4.78, 5) is 27.3. The van der Waals surface area contributed by atoms with Crippen molar-refractivity contribution in [3.05, 3.63) is 73.1 Å². The number of hydrogen-bond acceptors (Lipinski definition) is 6. The normalized spacial score (nSPS) is 16.6. The van der Waals surface area contributed by atoms with E-state index in [1.807, 2.05) is 69.3 Å². The van der Waals surface area contributed by atoms with Crippen molar-refractivity contribution in [3.63, 3.8) is 0 Å². The Labute approximate surface area is 260 Å². The second-order valence-electron chi connectivity index (χ2n) is 13.2. The first kappa shape index (κ1) is 31.2. The molecule has 8 heteroatoms. The topological polar surface area (TPSA) is 99.2 Å². The van der Waals surface area contributed by atoms with Crippen molar-refractivity contribution in [2.75, 3.05) is 0 Å². The van der Waals surface area contributed by atoms with Gasteiger partial charge in [-0.2, -0.15) is 0 Å². The lowest BCUT2D eigenvalue weighted by Gasteiger charge is -2.30. The van der Waals surface area contributed by atoms with Crippen molar-refractivity contribution in [3.8, 4) is 34.0 Å². The van der Waals surface area contributed by atoms with Crippen molar-refractivity contribution in [2.24, 2.45) is 17.8 Å². The van der Waals surface area contributed by atoms with Crippen molar-refractivity contribution in [2.45, 2.75) is 84.9 Å². The second-order valence-corrected chi connectivity index (χ2v) is 13.2. The molecule has 1 aromatic carbocycles. The Morgan fingerprint density at radius 2 is 1.80 bits per heavy atom. The number of hydrogen-bond donors (Lipinski definition) is 1. The zero-order valence-electron chi connectivity index (χ0n) is 26.5. The number of nitrogens with zero attached hydrogens (tertiary/aromatic N) is 3. The average molecular weight is 597 g/mol. The fourth-order valence-corrected chi connectivity index (χ4v) is 6.10. The number of carbonyl (C=O) groups excluding carboxylic acids is 2. The van der Waals surface area contributed by atoms with Crippen LogP contribution in [0.5, 0.6) is 0 Å². The van der Waals surface area contributed by atoms with Gasteiger partial charge in [-0.1, -0.05) is 56.3 Å². The van der Waals surface area contributed by atoms with E-state index in [2.05, 4.69) is 46.6 Å². The van der Waals surface area contributed by atoms with Gasteiger partial charge in [0.1, 0.15) is 17.1 Å². The van der Waals surface area contributed by atoms with Crippen LogP contribution in [0.2, 0.25) is 0 Å². The quantitative estimate of drug-likeness (QED) is 0.148. The van der Waals surface area contributed by atoms with E-state index < -0.39 is 17.4 Å². The lowest BCUT2D eigenvalue weighted by Crippen LogP contribution is -2.42. The minimum absolute atomic E-state index is 0.165. The molecule has 3 heterocycles. The van der Waals surface area contributed by atoms with Crippen LogP contribution in [0.1, 0.15) is 78.6 Å². The van der Waals surface area contributed by atoms with Gasteiger partial charge in [0.25, 0.3) is 0 Å². The first-order valence-corrected chi connectivity index (χ1v) is 15.7. The van der Waals surface area contributed by atoms with Gasteiger partial charge in [-0.25, -0.2) is 0 Å². The number of rotatable bonds is 10. The van der Waals surface area contributed by atoms with Crippen LogP contribution in [0, 0.1) is 17.8 Å².